The normalized spacial score (nSPS) is 19.4. The van der Waals surface area contributed by atoms with Crippen molar-refractivity contribution < 1.29 is 9.59 Å². The number of benzene rings is 1. The molecule has 2 N–H and O–H groups in total. The van der Waals surface area contributed by atoms with Gasteiger partial charge in [0, 0.05) is 31.9 Å². The summed E-state index contributed by atoms with van der Waals surface area (Å²) in [6.07, 6.45) is 0.486. The molecule has 0 bridgehead atoms. The Kier molecular flexibility index (Phi) is 5.32. The summed E-state index contributed by atoms with van der Waals surface area (Å²) >= 11 is 11.9. The van der Waals surface area contributed by atoms with Gasteiger partial charge >= 0.3 is 0 Å². The Hall–Kier alpha value is -1.30. The number of likely N-dealkylation sites (N-methyl/N-ethyl adjacent to an activating group) is 1. The Bertz CT molecular complexity index is 594. The van der Waals surface area contributed by atoms with E-state index in [0.717, 1.165) is 0 Å². The van der Waals surface area contributed by atoms with Gasteiger partial charge in [-0.15, -0.1) is 0 Å². The maximum absolute atomic E-state index is 12.5. The van der Waals surface area contributed by atoms with Crippen LogP contribution in [0, 0.1) is 5.92 Å². The van der Waals surface area contributed by atoms with E-state index >= 15 is 0 Å². The number of hydrogen-bond donors (Lipinski definition) is 1. The second-order valence-electron chi connectivity index (χ2n) is 5.46. The molecule has 1 aliphatic heterocycles. The molecule has 1 aromatic rings. The highest BCUT2D eigenvalue weighted by Gasteiger charge is 2.39. The van der Waals surface area contributed by atoms with Crippen molar-refractivity contribution in [3.05, 3.63) is 28.2 Å². The van der Waals surface area contributed by atoms with Gasteiger partial charge in [-0.3, -0.25) is 9.59 Å². The number of carbonyl (C=O) groups is 2. The van der Waals surface area contributed by atoms with Gasteiger partial charge in [-0.05, 0) is 31.5 Å². The Labute approximate surface area is 139 Å². The molecule has 0 radical (unpaired) electrons. The third-order valence-electron chi connectivity index (χ3n) is 4.07. The van der Waals surface area contributed by atoms with Gasteiger partial charge in [0.25, 0.3) is 0 Å². The third kappa shape index (κ3) is 3.21. The van der Waals surface area contributed by atoms with Crippen LogP contribution < -0.4 is 10.6 Å². The number of hydrogen-bond acceptors (Lipinski definition) is 3. The fourth-order valence-corrected chi connectivity index (χ4v) is 2.73. The molecule has 0 spiro atoms. The summed E-state index contributed by atoms with van der Waals surface area (Å²) in [5.41, 5.74) is 6.23. The van der Waals surface area contributed by atoms with Crippen LogP contribution in [0.25, 0.3) is 0 Å². The molecule has 1 aliphatic rings. The number of anilines is 1. The standard InChI is InChI=1S/C15H19Cl2N3O2/c1-9(8-18)19(2)14(21)11-5-6-20(15(11)22)10-3-4-12(16)13(17)7-10/h3-4,7,9,11H,5-6,8,18H2,1-2H3. The van der Waals surface area contributed by atoms with Crippen LogP contribution in [0.1, 0.15) is 13.3 Å². The van der Waals surface area contributed by atoms with Gasteiger partial charge in [-0.1, -0.05) is 23.2 Å². The number of nitrogens with two attached hydrogens (primary N) is 1. The Morgan fingerprint density at radius 1 is 1.45 bits per heavy atom. The van der Waals surface area contributed by atoms with Crippen LogP contribution in [0.15, 0.2) is 18.2 Å². The van der Waals surface area contributed by atoms with Crippen LogP contribution in [0.5, 0.6) is 0 Å². The molecule has 120 valence electrons. The molecule has 2 amide bonds. The summed E-state index contributed by atoms with van der Waals surface area (Å²) in [5.74, 6) is -1.06. The lowest BCUT2D eigenvalue weighted by molar-refractivity contribution is -0.140. The van der Waals surface area contributed by atoms with Crippen molar-refractivity contribution in [1.82, 2.24) is 4.90 Å². The zero-order chi connectivity index (χ0) is 16.4. The first-order valence-electron chi connectivity index (χ1n) is 7.10. The smallest absolute Gasteiger partial charge is 0.239 e. The van der Waals surface area contributed by atoms with Crippen LogP contribution in [-0.4, -0.2) is 42.9 Å². The lowest BCUT2D eigenvalue weighted by atomic mass is 10.1. The SMILES string of the molecule is CC(CN)N(C)C(=O)C1CCN(c2ccc(Cl)c(Cl)c2)C1=O. The van der Waals surface area contributed by atoms with E-state index in [1.54, 1.807) is 35.0 Å². The van der Waals surface area contributed by atoms with Gasteiger partial charge in [0.1, 0.15) is 5.92 Å². The molecule has 0 aromatic heterocycles. The van der Waals surface area contributed by atoms with Gasteiger partial charge in [-0.2, -0.15) is 0 Å². The van der Waals surface area contributed by atoms with E-state index in [0.29, 0.717) is 35.2 Å². The summed E-state index contributed by atoms with van der Waals surface area (Å²) in [7, 11) is 1.68. The monoisotopic (exact) mass is 343 g/mol. The van der Waals surface area contributed by atoms with Crippen molar-refractivity contribution >= 4 is 40.7 Å². The molecule has 1 heterocycles. The van der Waals surface area contributed by atoms with Crippen LogP contribution in [0.3, 0.4) is 0 Å². The predicted molar refractivity (Wildman–Crippen MR) is 88.2 cm³/mol. The molecule has 22 heavy (non-hydrogen) atoms. The van der Waals surface area contributed by atoms with E-state index in [1.165, 1.54) is 0 Å². The maximum Gasteiger partial charge on any atom is 0.239 e. The maximum atomic E-state index is 12.5. The quantitative estimate of drug-likeness (QED) is 0.851. The van der Waals surface area contributed by atoms with Crippen molar-refractivity contribution in [2.75, 3.05) is 25.0 Å². The molecular formula is C15H19Cl2N3O2. The number of rotatable bonds is 4. The summed E-state index contributed by atoms with van der Waals surface area (Å²) in [6.45, 7) is 2.70. The average Bonchev–Trinajstić information content (AvgIpc) is 2.89. The van der Waals surface area contributed by atoms with Gasteiger partial charge in [-0.25, -0.2) is 0 Å². The Morgan fingerprint density at radius 3 is 2.73 bits per heavy atom. The molecule has 2 rings (SSSR count). The van der Waals surface area contributed by atoms with Gasteiger partial charge in [0.2, 0.25) is 11.8 Å². The first-order chi connectivity index (χ1) is 10.4. The minimum Gasteiger partial charge on any atom is -0.341 e. The lowest BCUT2D eigenvalue weighted by Crippen LogP contribution is -2.44. The molecule has 1 aromatic carbocycles. The number of nitrogens with zero attached hydrogens (tertiary/aromatic N) is 2. The second kappa shape index (κ2) is 6.86. The first-order valence-corrected chi connectivity index (χ1v) is 7.85. The average molecular weight is 344 g/mol. The number of halogens is 2. The molecule has 7 heteroatoms. The van der Waals surface area contributed by atoms with Crippen molar-refractivity contribution in [3.8, 4) is 0 Å². The zero-order valence-corrected chi connectivity index (χ0v) is 14.1. The van der Waals surface area contributed by atoms with Crippen molar-refractivity contribution in [2.45, 2.75) is 19.4 Å². The zero-order valence-electron chi connectivity index (χ0n) is 12.6. The summed E-state index contributed by atoms with van der Waals surface area (Å²) < 4.78 is 0. The summed E-state index contributed by atoms with van der Waals surface area (Å²) in [4.78, 5) is 28.1. The summed E-state index contributed by atoms with van der Waals surface area (Å²) in [5, 5.41) is 0.816. The lowest BCUT2D eigenvalue weighted by Gasteiger charge is -2.26. The topological polar surface area (TPSA) is 66.6 Å². The predicted octanol–water partition coefficient (Wildman–Crippen LogP) is 2.15. The Balaban J connectivity index is 2.15. The summed E-state index contributed by atoms with van der Waals surface area (Å²) in [6, 6.07) is 4.91. The third-order valence-corrected chi connectivity index (χ3v) is 4.81. The molecule has 2 unspecified atom stereocenters. The highest BCUT2D eigenvalue weighted by atomic mass is 35.5. The van der Waals surface area contributed by atoms with Crippen molar-refractivity contribution in [3.63, 3.8) is 0 Å². The molecular weight excluding hydrogens is 325 g/mol. The number of amides is 2. The van der Waals surface area contributed by atoms with Gasteiger partial charge < -0.3 is 15.5 Å². The van der Waals surface area contributed by atoms with E-state index in [2.05, 4.69) is 0 Å². The van der Waals surface area contributed by atoms with Gasteiger partial charge in [0.15, 0.2) is 0 Å². The van der Waals surface area contributed by atoms with E-state index in [4.69, 9.17) is 28.9 Å². The molecule has 2 atom stereocenters. The minimum absolute atomic E-state index is 0.0978. The van der Waals surface area contributed by atoms with Crippen LogP contribution >= 0.6 is 23.2 Å². The first kappa shape index (κ1) is 17.1. The molecule has 5 nitrogen and oxygen atoms in total. The fourth-order valence-electron chi connectivity index (χ4n) is 2.44. The Morgan fingerprint density at radius 2 is 2.14 bits per heavy atom. The van der Waals surface area contributed by atoms with Crippen LogP contribution in [0.4, 0.5) is 5.69 Å². The van der Waals surface area contributed by atoms with E-state index in [-0.39, 0.29) is 17.9 Å². The van der Waals surface area contributed by atoms with E-state index in [9.17, 15) is 9.59 Å². The highest BCUT2D eigenvalue weighted by Crippen LogP contribution is 2.31. The van der Waals surface area contributed by atoms with E-state index in [1.807, 2.05) is 6.92 Å². The van der Waals surface area contributed by atoms with Crippen LogP contribution in [-0.2, 0) is 9.59 Å². The molecule has 0 saturated carbocycles. The van der Waals surface area contributed by atoms with Crippen LogP contribution in [0.2, 0.25) is 10.0 Å². The number of carbonyl (C=O) groups excluding carboxylic acids is 2. The van der Waals surface area contributed by atoms with Crippen molar-refractivity contribution in [2.24, 2.45) is 11.7 Å². The molecule has 1 fully saturated rings. The second-order valence-corrected chi connectivity index (χ2v) is 6.28. The molecule has 0 aliphatic carbocycles. The van der Waals surface area contributed by atoms with E-state index < -0.39 is 5.92 Å². The van der Waals surface area contributed by atoms with Crippen molar-refractivity contribution in [1.29, 1.82) is 0 Å². The van der Waals surface area contributed by atoms with Gasteiger partial charge in [0.05, 0.1) is 10.0 Å². The minimum atomic E-state index is -0.659. The fraction of sp³-hybridized carbons (Fsp3) is 0.467. The highest BCUT2D eigenvalue weighted by molar-refractivity contribution is 6.42. The largest absolute Gasteiger partial charge is 0.341 e. The molecule has 1 saturated heterocycles.